The highest BCUT2D eigenvalue weighted by Crippen LogP contribution is 2.31. The van der Waals surface area contributed by atoms with Crippen molar-refractivity contribution in [2.75, 3.05) is 7.11 Å². The van der Waals surface area contributed by atoms with Gasteiger partial charge >= 0.3 is 5.97 Å². The maximum absolute atomic E-state index is 12.2. The predicted molar refractivity (Wildman–Crippen MR) is 98.7 cm³/mol. The number of aryl methyl sites for hydroxylation is 1. The van der Waals surface area contributed by atoms with Gasteiger partial charge in [-0.15, -0.1) is 0 Å². The minimum Gasteiger partial charge on any atom is -0.489 e. The van der Waals surface area contributed by atoms with Crippen LogP contribution in [0.25, 0.3) is 11.1 Å². The van der Waals surface area contributed by atoms with Crippen molar-refractivity contribution in [1.29, 1.82) is 0 Å². The van der Waals surface area contributed by atoms with Crippen molar-refractivity contribution in [3.05, 3.63) is 89.5 Å². The van der Waals surface area contributed by atoms with E-state index in [0.29, 0.717) is 12.2 Å². The quantitative estimate of drug-likeness (QED) is 0.615. The number of carbonyl (C=O) groups excluding carboxylic acids is 1. The largest absolute Gasteiger partial charge is 0.489 e. The van der Waals surface area contributed by atoms with E-state index in [-0.39, 0.29) is 5.97 Å². The van der Waals surface area contributed by atoms with Crippen LogP contribution in [0.4, 0.5) is 0 Å². The first-order valence-corrected chi connectivity index (χ1v) is 8.14. The first-order chi connectivity index (χ1) is 12.2. The number of para-hydroxylation sites is 1. The molecule has 0 aromatic heterocycles. The number of carbonyl (C=O) groups is 1. The molecule has 0 heterocycles. The molecule has 0 amide bonds. The normalized spacial score (nSPS) is 10.3. The van der Waals surface area contributed by atoms with Gasteiger partial charge in [-0.3, -0.25) is 0 Å². The van der Waals surface area contributed by atoms with Gasteiger partial charge in [0.2, 0.25) is 0 Å². The van der Waals surface area contributed by atoms with Gasteiger partial charge in [-0.1, -0.05) is 54.6 Å². The zero-order valence-electron chi connectivity index (χ0n) is 14.4. The summed E-state index contributed by atoms with van der Waals surface area (Å²) in [4.78, 5) is 12.2. The van der Waals surface area contributed by atoms with Crippen LogP contribution in [0.2, 0.25) is 0 Å². The second kappa shape index (κ2) is 7.67. The SMILES string of the molecule is COC(=O)c1ccccc1-c1c(C)cccc1COc1ccccc1. The van der Waals surface area contributed by atoms with Crippen LogP contribution < -0.4 is 4.74 Å². The minimum atomic E-state index is -0.339. The molecule has 0 atom stereocenters. The first kappa shape index (κ1) is 16.8. The molecule has 0 bridgehead atoms. The summed E-state index contributed by atoms with van der Waals surface area (Å²) in [7, 11) is 1.40. The van der Waals surface area contributed by atoms with Crippen molar-refractivity contribution < 1.29 is 14.3 Å². The Labute approximate surface area is 147 Å². The van der Waals surface area contributed by atoms with Gasteiger partial charge in [-0.2, -0.15) is 0 Å². The van der Waals surface area contributed by atoms with E-state index in [0.717, 1.165) is 28.0 Å². The fourth-order valence-corrected chi connectivity index (χ4v) is 2.90. The highest BCUT2D eigenvalue weighted by atomic mass is 16.5. The number of benzene rings is 3. The first-order valence-electron chi connectivity index (χ1n) is 8.14. The lowest BCUT2D eigenvalue weighted by Crippen LogP contribution is -2.06. The highest BCUT2D eigenvalue weighted by molar-refractivity contribution is 5.98. The molecular weight excluding hydrogens is 312 g/mol. The molecule has 0 saturated heterocycles. The van der Waals surface area contributed by atoms with Crippen LogP contribution in [0.15, 0.2) is 72.8 Å². The Kier molecular flexibility index (Phi) is 5.14. The Morgan fingerprint density at radius 3 is 2.36 bits per heavy atom. The van der Waals surface area contributed by atoms with Crippen molar-refractivity contribution in [3.63, 3.8) is 0 Å². The summed E-state index contributed by atoms with van der Waals surface area (Å²) in [5.41, 5.74) is 4.55. The van der Waals surface area contributed by atoms with E-state index in [1.165, 1.54) is 7.11 Å². The number of methoxy groups -OCH3 is 1. The fourth-order valence-electron chi connectivity index (χ4n) is 2.90. The topological polar surface area (TPSA) is 35.5 Å². The molecular formula is C22H20O3. The Bertz CT molecular complexity index is 869. The van der Waals surface area contributed by atoms with Crippen LogP contribution in [0, 0.1) is 6.92 Å². The second-order valence-electron chi connectivity index (χ2n) is 5.75. The zero-order chi connectivity index (χ0) is 17.6. The van der Waals surface area contributed by atoms with E-state index < -0.39 is 0 Å². The molecule has 3 rings (SSSR count). The molecule has 3 aromatic carbocycles. The van der Waals surface area contributed by atoms with Gasteiger partial charge in [-0.25, -0.2) is 4.79 Å². The molecule has 0 aliphatic carbocycles. The van der Waals surface area contributed by atoms with Gasteiger partial charge in [0.25, 0.3) is 0 Å². The summed E-state index contributed by atoms with van der Waals surface area (Å²) in [6.07, 6.45) is 0. The Balaban J connectivity index is 2.01. The van der Waals surface area contributed by atoms with E-state index in [9.17, 15) is 4.79 Å². The van der Waals surface area contributed by atoms with E-state index in [4.69, 9.17) is 9.47 Å². The number of rotatable bonds is 5. The van der Waals surface area contributed by atoms with Crippen molar-refractivity contribution in [3.8, 4) is 16.9 Å². The lowest BCUT2D eigenvalue weighted by atomic mass is 9.92. The zero-order valence-corrected chi connectivity index (χ0v) is 14.4. The molecule has 0 spiro atoms. The maximum atomic E-state index is 12.2. The van der Waals surface area contributed by atoms with Gasteiger partial charge in [0.15, 0.2) is 0 Å². The summed E-state index contributed by atoms with van der Waals surface area (Å²) in [5, 5.41) is 0. The molecule has 25 heavy (non-hydrogen) atoms. The summed E-state index contributed by atoms with van der Waals surface area (Å²) in [6, 6.07) is 23.3. The van der Waals surface area contributed by atoms with E-state index in [1.807, 2.05) is 73.7 Å². The van der Waals surface area contributed by atoms with E-state index in [1.54, 1.807) is 6.07 Å². The number of ether oxygens (including phenoxy) is 2. The molecule has 126 valence electrons. The van der Waals surface area contributed by atoms with Gasteiger partial charge < -0.3 is 9.47 Å². The van der Waals surface area contributed by atoms with Crippen LogP contribution in [0.5, 0.6) is 5.75 Å². The summed E-state index contributed by atoms with van der Waals surface area (Å²) < 4.78 is 10.9. The number of hydrogen-bond donors (Lipinski definition) is 0. The molecule has 3 aromatic rings. The van der Waals surface area contributed by atoms with Crippen LogP contribution in [-0.2, 0) is 11.3 Å². The Hall–Kier alpha value is -3.07. The molecule has 0 radical (unpaired) electrons. The highest BCUT2D eigenvalue weighted by Gasteiger charge is 2.17. The monoisotopic (exact) mass is 332 g/mol. The lowest BCUT2D eigenvalue weighted by Gasteiger charge is -2.16. The van der Waals surface area contributed by atoms with Crippen molar-refractivity contribution in [1.82, 2.24) is 0 Å². The summed E-state index contributed by atoms with van der Waals surface area (Å²) >= 11 is 0. The maximum Gasteiger partial charge on any atom is 0.338 e. The molecule has 0 saturated carbocycles. The molecule has 0 N–H and O–H groups in total. The molecule has 0 unspecified atom stereocenters. The average molecular weight is 332 g/mol. The third-order valence-corrected chi connectivity index (χ3v) is 4.10. The van der Waals surface area contributed by atoms with Crippen molar-refractivity contribution >= 4 is 5.97 Å². The minimum absolute atomic E-state index is 0.339. The average Bonchev–Trinajstić information content (AvgIpc) is 2.66. The molecule has 3 nitrogen and oxygen atoms in total. The van der Waals surface area contributed by atoms with Gasteiger partial charge in [0, 0.05) is 0 Å². The Morgan fingerprint density at radius 2 is 1.60 bits per heavy atom. The van der Waals surface area contributed by atoms with E-state index in [2.05, 4.69) is 0 Å². The van der Waals surface area contributed by atoms with Gasteiger partial charge in [-0.05, 0) is 47.4 Å². The fraction of sp³-hybridized carbons (Fsp3) is 0.136. The smallest absolute Gasteiger partial charge is 0.338 e. The van der Waals surface area contributed by atoms with Gasteiger partial charge in [0.05, 0.1) is 12.7 Å². The van der Waals surface area contributed by atoms with Crippen LogP contribution >= 0.6 is 0 Å². The number of hydrogen-bond acceptors (Lipinski definition) is 3. The third kappa shape index (κ3) is 3.72. The second-order valence-corrected chi connectivity index (χ2v) is 5.75. The van der Waals surface area contributed by atoms with Crippen molar-refractivity contribution in [2.24, 2.45) is 0 Å². The molecule has 0 aliphatic heterocycles. The number of esters is 1. The van der Waals surface area contributed by atoms with E-state index >= 15 is 0 Å². The molecule has 0 aliphatic rings. The van der Waals surface area contributed by atoms with Crippen molar-refractivity contribution in [2.45, 2.75) is 13.5 Å². The lowest BCUT2D eigenvalue weighted by molar-refractivity contribution is 0.0601. The Morgan fingerprint density at radius 1 is 0.880 bits per heavy atom. The van der Waals surface area contributed by atoms with Crippen LogP contribution in [0.3, 0.4) is 0 Å². The van der Waals surface area contributed by atoms with Crippen LogP contribution in [0.1, 0.15) is 21.5 Å². The predicted octanol–water partition coefficient (Wildman–Crippen LogP) is 5.03. The summed E-state index contributed by atoms with van der Waals surface area (Å²) in [5.74, 6) is 0.477. The molecule has 3 heteroatoms. The standard InChI is InChI=1S/C22H20O3/c1-16-9-8-10-17(15-25-18-11-4-3-5-12-18)21(16)19-13-6-7-14-20(19)22(23)24-2/h3-14H,15H2,1-2H3. The van der Waals surface area contributed by atoms with Crippen LogP contribution in [-0.4, -0.2) is 13.1 Å². The summed E-state index contributed by atoms with van der Waals surface area (Å²) in [6.45, 7) is 2.46. The molecule has 0 fully saturated rings. The van der Waals surface area contributed by atoms with Gasteiger partial charge in [0.1, 0.15) is 12.4 Å². The third-order valence-electron chi connectivity index (χ3n) is 4.10.